The predicted octanol–water partition coefficient (Wildman–Crippen LogP) is 4.18. The van der Waals surface area contributed by atoms with Gasteiger partial charge in [-0.25, -0.2) is 4.98 Å². The second-order valence-electron chi connectivity index (χ2n) is 10.5. The van der Waals surface area contributed by atoms with Crippen LogP contribution in [0.5, 0.6) is 0 Å². The van der Waals surface area contributed by atoms with Crippen molar-refractivity contribution in [1.29, 1.82) is 0 Å². The van der Waals surface area contributed by atoms with Crippen LogP contribution >= 0.6 is 11.6 Å². The number of benzene rings is 2. The Kier molecular flexibility index (Phi) is 5.71. The molecule has 38 heavy (non-hydrogen) atoms. The van der Waals surface area contributed by atoms with Gasteiger partial charge in [0.25, 0.3) is 0 Å². The highest BCUT2D eigenvalue weighted by atomic mass is 35.5. The average Bonchev–Trinajstić information content (AvgIpc) is 3.55. The monoisotopic (exact) mass is 525 g/mol. The number of amides is 2. The average molecular weight is 526 g/mol. The van der Waals surface area contributed by atoms with Gasteiger partial charge in [-0.15, -0.1) is 0 Å². The Morgan fingerprint density at radius 2 is 1.82 bits per heavy atom. The van der Waals surface area contributed by atoms with E-state index in [4.69, 9.17) is 11.6 Å². The minimum Gasteiger partial charge on any atom is -0.356 e. The number of likely N-dealkylation sites (tertiary alicyclic amines) is 1. The lowest BCUT2D eigenvalue weighted by atomic mass is 9.86. The van der Waals surface area contributed by atoms with E-state index in [1.54, 1.807) is 17.2 Å². The molecule has 3 atom stereocenters. The van der Waals surface area contributed by atoms with Crippen molar-refractivity contribution in [3.05, 3.63) is 100 Å². The Morgan fingerprint density at radius 3 is 2.63 bits per heavy atom. The molecule has 0 bridgehead atoms. The van der Waals surface area contributed by atoms with Crippen molar-refractivity contribution in [2.24, 2.45) is 0 Å². The lowest BCUT2D eigenvalue weighted by Crippen LogP contribution is -2.65. The maximum atomic E-state index is 14.1. The molecule has 2 aromatic heterocycles. The lowest BCUT2D eigenvalue weighted by molar-refractivity contribution is -0.160. The van der Waals surface area contributed by atoms with Gasteiger partial charge in [0.05, 0.1) is 6.04 Å². The third-order valence-electron chi connectivity index (χ3n) is 8.30. The van der Waals surface area contributed by atoms with Crippen molar-refractivity contribution in [3.8, 4) is 0 Å². The molecule has 7 nitrogen and oxygen atoms in total. The van der Waals surface area contributed by atoms with Gasteiger partial charge in [0.1, 0.15) is 17.7 Å². The van der Waals surface area contributed by atoms with Crippen LogP contribution in [0.15, 0.2) is 72.9 Å². The molecule has 7 rings (SSSR count). The number of aromatic nitrogens is 2. The first-order valence-corrected chi connectivity index (χ1v) is 13.5. The maximum absolute atomic E-state index is 14.1. The van der Waals surface area contributed by atoms with Gasteiger partial charge in [-0.1, -0.05) is 66.2 Å². The Balaban J connectivity index is 1.22. The molecule has 5 heterocycles. The maximum Gasteiger partial charge on any atom is 0.246 e. The molecule has 2 amide bonds. The quantitative estimate of drug-likeness (QED) is 0.406. The van der Waals surface area contributed by atoms with Crippen LogP contribution in [0.2, 0.25) is 5.15 Å². The van der Waals surface area contributed by atoms with E-state index in [0.29, 0.717) is 11.6 Å². The fourth-order valence-corrected chi connectivity index (χ4v) is 6.65. The molecule has 3 aliphatic heterocycles. The van der Waals surface area contributed by atoms with Crippen molar-refractivity contribution < 1.29 is 9.59 Å². The van der Waals surface area contributed by atoms with Gasteiger partial charge in [0, 0.05) is 54.9 Å². The van der Waals surface area contributed by atoms with Crippen LogP contribution in [-0.2, 0) is 22.6 Å². The Labute approximate surface area is 226 Å². The first-order valence-electron chi connectivity index (χ1n) is 13.2. The van der Waals surface area contributed by atoms with E-state index in [0.717, 1.165) is 53.8 Å². The van der Waals surface area contributed by atoms with Crippen molar-refractivity contribution in [3.63, 3.8) is 0 Å². The number of hydrogen-bond donors (Lipinski definition) is 1. The highest BCUT2D eigenvalue weighted by Crippen LogP contribution is 2.43. The van der Waals surface area contributed by atoms with E-state index in [1.807, 2.05) is 35.2 Å². The van der Waals surface area contributed by atoms with Crippen LogP contribution < -0.4 is 0 Å². The van der Waals surface area contributed by atoms with Gasteiger partial charge in [-0.2, -0.15) is 0 Å². The molecule has 2 saturated heterocycles. The fourth-order valence-electron chi connectivity index (χ4n) is 6.54. The van der Waals surface area contributed by atoms with Crippen molar-refractivity contribution in [1.82, 2.24) is 24.7 Å². The van der Waals surface area contributed by atoms with Crippen LogP contribution in [0.3, 0.4) is 0 Å². The highest BCUT2D eigenvalue weighted by Gasteiger charge is 2.50. The van der Waals surface area contributed by atoms with Gasteiger partial charge >= 0.3 is 0 Å². The number of nitrogens with zero attached hydrogens (tertiary/aromatic N) is 4. The largest absolute Gasteiger partial charge is 0.356 e. The molecule has 1 N–H and O–H groups in total. The lowest BCUT2D eigenvalue weighted by Gasteiger charge is -2.48. The van der Waals surface area contributed by atoms with Crippen LogP contribution in [-0.4, -0.2) is 68.2 Å². The number of rotatable bonds is 4. The third-order valence-corrected chi connectivity index (χ3v) is 8.52. The summed E-state index contributed by atoms with van der Waals surface area (Å²) in [5.41, 5.74) is 5.17. The minimum absolute atomic E-state index is 0.0274. The number of piperazine rings is 1. The highest BCUT2D eigenvalue weighted by molar-refractivity contribution is 6.29. The summed E-state index contributed by atoms with van der Waals surface area (Å²) >= 11 is 6.09. The molecule has 0 unspecified atom stereocenters. The molecule has 2 fully saturated rings. The first-order chi connectivity index (χ1) is 18.6. The predicted molar refractivity (Wildman–Crippen MR) is 146 cm³/mol. The fraction of sp³-hybridized carbons (Fsp3) is 0.300. The zero-order chi connectivity index (χ0) is 25.8. The summed E-state index contributed by atoms with van der Waals surface area (Å²) < 4.78 is 0. The van der Waals surface area contributed by atoms with Gasteiger partial charge < -0.3 is 14.8 Å². The first kappa shape index (κ1) is 23.4. The second-order valence-corrected chi connectivity index (χ2v) is 10.9. The molecule has 3 aliphatic rings. The SMILES string of the molecule is O=C1[C@H]2Cc3c([nH]c4ccccc34)[C@H](c3ccc(Cl)nc3)N2C(=O)CN1[C@@H]1CCN(Cc2ccccc2)C1. The minimum atomic E-state index is -0.549. The van der Waals surface area contributed by atoms with Crippen molar-refractivity contribution in [2.45, 2.75) is 37.5 Å². The smallest absolute Gasteiger partial charge is 0.246 e. The van der Waals surface area contributed by atoms with E-state index >= 15 is 0 Å². The molecule has 0 aliphatic carbocycles. The normalized spacial score (nSPS) is 23.7. The molecular formula is C30H28ClN5O2. The zero-order valence-corrected chi connectivity index (χ0v) is 21.6. The summed E-state index contributed by atoms with van der Waals surface area (Å²) in [7, 11) is 0. The van der Waals surface area contributed by atoms with E-state index in [-0.39, 0.29) is 24.4 Å². The third kappa shape index (κ3) is 3.89. The van der Waals surface area contributed by atoms with Gasteiger partial charge in [0.2, 0.25) is 11.8 Å². The number of hydrogen-bond acceptors (Lipinski definition) is 4. The van der Waals surface area contributed by atoms with Crippen LogP contribution in [0.1, 0.15) is 34.8 Å². The second kappa shape index (κ2) is 9.26. The van der Waals surface area contributed by atoms with Gasteiger partial charge in [-0.05, 0) is 35.2 Å². The molecule has 0 spiro atoms. The summed E-state index contributed by atoms with van der Waals surface area (Å²) in [5.74, 6) is 0.0133. The van der Waals surface area contributed by atoms with Crippen LogP contribution in [0.25, 0.3) is 10.9 Å². The number of carbonyl (C=O) groups is 2. The van der Waals surface area contributed by atoms with Gasteiger partial charge in [-0.3, -0.25) is 14.5 Å². The molecule has 0 radical (unpaired) electrons. The summed E-state index contributed by atoms with van der Waals surface area (Å²) in [6.45, 7) is 2.65. The van der Waals surface area contributed by atoms with E-state index < -0.39 is 12.1 Å². The van der Waals surface area contributed by atoms with Crippen LogP contribution in [0, 0.1) is 0 Å². The van der Waals surface area contributed by atoms with E-state index in [9.17, 15) is 9.59 Å². The molecular weight excluding hydrogens is 498 g/mol. The summed E-state index contributed by atoms with van der Waals surface area (Å²) in [5, 5.41) is 1.49. The van der Waals surface area contributed by atoms with E-state index in [2.05, 4.69) is 45.2 Å². The van der Waals surface area contributed by atoms with Gasteiger partial charge in [0.15, 0.2) is 0 Å². The number of halogens is 1. The number of aromatic amines is 1. The van der Waals surface area contributed by atoms with Crippen LogP contribution in [0.4, 0.5) is 0 Å². The summed E-state index contributed by atoms with van der Waals surface area (Å²) in [6.07, 6.45) is 3.09. The molecule has 2 aromatic carbocycles. The number of fused-ring (bicyclic) bond motifs is 4. The Hall–Kier alpha value is -3.68. The Bertz CT molecular complexity index is 1520. The zero-order valence-electron chi connectivity index (χ0n) is 20.9. The molecule has 0 saturated carbocycles. The standard InChI is InChI=1S/C30H28ClN5O2/c31-26-11-10-20(15-32-26)29-28-23(22-8-4-5-9-24(22)33-28)14-25-30(38)35(18-27(37)36(25)29)21-12-13-34(17-21)16-19-6-2-1-3-7-19/h1-11,15,21,25,29,33H,12-14,16-18H2/t21-,25-,29+/m1/s1. The van der Waals surface area contributed by atoms with Crippen molar-refractivity contribution in [2.75, 3.05) is 19.6 Å². The molecule has 8 heteroatoms. The summed E-state index contributed by atoms with van der Waals surface area (Å²) in [6, 6.07) is 21.3. The summed E-state index contributed by atoms with van der Waals surface area (Å²) in [4.78, 5) is 41.8. The number of para-hydroxylation sites is 1. The topological polar surface area (TPSA) is 72.5 Å². The molecule has 192 valence electrons. The number of pyridine rings is 1. The van der Waals surface area contributed by atoms with Crippen molar-refractivity contribution >= 4 is 34.3 Å². The number of carbonyl (C=O) groups excluding carboxylic acids is 2. The Morgan fingerprint density at radius 1 is 1.00 bits per heavy atom. The number of nitrogens with one attached hydrogen (secondary N) is 1. The number of H-pyrrole nitrogens is 1. The van der Waals surface area contributed by atoms with E-state index in [1.165, 1.54) is 5.56 Å². The molecule has 4 aromatic rings.